The summed E-state index contributed by atoms with van der Waals surface area (Å²) in [5, 5.41) is 4.32. The van der Waals surface area contributed by atoms with Gasteiger partial charge in [-0.25, -0.2) is 9.79 Å². The molecule has 0 radical (unpaired) electrons. The Morgan fingerprint density at radius 2 is 1.58 bits per heavy atom. The van der Waals surface area contributed by atoms with Crippen molar-refractivity contribution in [2.75, 3.05) is 6.61 Å². The average Bonchev–Trinajstić information content (AvgIpc) is 3.36. The number of esters is 1. The summed E-state index contributed by atoms with van der Waals surface area (Å²) >= 11 is 1.31. The molecule has 2 heterocycles. The van der Waals surface area contributed by atoms with Crippen LogP contribution in [-0.2, 0) is 16.1 Å². The largest absolute Gasteiger partial charge is 0.489 e. The van der Waals surface area contributed by atoms with Crippen LogP contribution < -0.4 is 19.6 Å². The Morgan fingerprint density at radius 3 is 2.38 bits per heavy atom. The van der Waals surface area contributed by atoms with Crippen molar-refractivity contribution >= 4 is 44.9 Å². The molecular formula is C38H30N2O4S. The fraction of sp³-hybridized carbons (Fsp3) is 0.132. The topological polar surface area (TPSA) is 69.9 Å². The fourth-order valence-electron chi connectivity index (χ4n) is 6.00. The standard InChI is InChI=1S/C38H30N2O4S/c1-3-43-37(42)34-24(2)39-38-40(35(34)32-20-10-15-27-13-5-7-19-31(27)32)36(41)33(45-38)22-25-11-8-17-29(21-25)44-23-28-16-9-14-26-12-4-6-18-30(26)28/h4-22,35H,3,23H2,1-2H3/b33-22+/t35-/m0/s1. The molecule has 0 spiro atoms. The van der Waals surface area contributed by atoms with Crippen molar-refractivity contribution in [3.8, 4) is 5.75 Å². The van der Waals surface area contributed by atoms with Gasteiger partial charge < -0.3 is 9.47 Å². The molecule has 0 amide bonds. The first-order valence-electron chi connectivity index (χ1n) is 14.9. The summed E-state index contributed by atoms with van der Waals surface area (Å²) in [6.07, 6.45) is 1.86. The van der Waals surface area contributed by atoms with Gasteiger partial charge in [-0.1, -0.05) is 108 Å². The quantitative estimate of drug-likeness (QED) is 0.189. The summed E-state index contributed by atoms with van der Waals surface area (Å²) in [6.45, 7) is 4.23. The normalized spacial score (nSPS) is 14.8. The Bertz CT molecular complexity index is 2300. The van der Waals surface area contributed by atoms with Gasteiger partial charge in [-0.2, -0.15) is 0 Å². The van der Waals surface area contributed by atoms with Gasteiger partial charge >= 0.3 is 5.97 Å². The monoisotopic (exact) mass is 610 g/mol. The highest BCUT2D eigenvalue weighted by Gasteiger charge is 2.34. The highest BCUT2D eigenvalue weighted by atomic mass is 32.1. The van der Waals surface area contributed by atoms with Crippen LogP contribution in [0.3, 0.4) is 0 Å². The summed E-state index contributed by atoms with van der Waals surface area (Å²) in [5.41, 5.74) is 3.49. The van der Waals surface area contributed by atoms with Gasteiger partial charge in [0.15, 0.2) is 4.80 Å². The second kappa shape index (κ2) is 12.0. The van der Waals surface area contributed by atoms with Crippen LogP contribution in [0.1, 0.15) is 36.6 Å². The lowest BCUT2D eigenvalue weighted by atomic mass is 9.91. The molecular weight excluding hydrogens is 580 g/mol. The minimum Gasteiger partial charge on any atom is -0.489 e. The number of carbonyl (C=O) groups excluding carboxylic acids is 1. The summed E-state index contributed by atoms with van der Waals surface area (Å²) in [6, 6.07) is 35.4. The number of rotatable bonds is 7. The average molecular weight is 611 g/mol. The molecule has 6 nitrogen and oxygen atoms in total. The van der Waals surface area contributed by atoms with Crippen molar-refractivity contribution in [3.05, 3.63) is 157 Å². The lowest BCUT2D eigenvalue weighted by Crippen LogP contribution is -2.40. The highest BCUT2D eigenvalue weighted by Crippen LogP contribution is 2.35. The van der Waals surface area contributed by atoms with Crippen LogP contribution in [0.15, 0.2) is 130 Å². The van der Waals surface area contributed by atoms with E-state index < -0.39 is 12.0 Å². The Balaban J connectivity index is 1.29. The number of fused-ring (bicyclic) bond motifs is 3. The third-order valence-corrected chi connectivity index (χ3v) is 9.05. The Labute approximate surface area is 263 Å². The van der Waals surface area contributed by atoms with Crippen LogP contribution in [0, 0.1) is 0 Å². The Kier molecular flexibility index (Phi) is 7.61. The van der Waals surface area contributed by atoms with Crippen molar-refractivity contribution in [2.45, 2.75) is 26.5 Å². The molecule has 7 rings (SSSR count). The van der Waals surface area contributed by atoms with Gasteiger partial charge in [0, 0.05) is 0 Å². The maximum absolute atomic E-state index is 14.2. The highest BCUT2D eigenvalue weighted by molar-refractivity contribution is 7.07. The van der Waals surface area contributed by atoms with Gasteiger partial charge in [0.05, 0.1) is 28.5 Å². The van der Waals surface area contributed by atoms with Crippen LogP contribution in [0.4, 0.5) is 0 Å². The Morgan fingerprint density at radius 1 is 0.889 bits per heavy atom. The van der Waals surface area contributed by atoms with E-state index in [1.54, 1.807) is 18.4 Å². The first kappa shape index (κ1) is 28.5. The van der Waals surface area contributed by atoms with E-state index in [9.17, 15) is 9.59 Å². The van der Waals surface area contributed by atoms with E-state index in [4.69, 9.17) is 14.5 Å². The minimum atomic E-state index is -0.677. The molecule has 0 saturated heterocycles. The van der Waals surface area contributed by atoms with Crippen LogP contribution in [0.5, 0.6) is 5.75 Å². The SMILES string of the molecule is CCOC(=O)C1=C(C)N=c2s/c(=C/c3cccc(OCc4cccc5ccccc45)c3)c(=O)n2[C@H]1c1cccc2ccccc12. The maximum atomic E-state index is 14.2. The van der Waals surface area contributed by atoms with Gasteiger partial charge in [-0.15, -0.1) is 0 Å². The van der Waals surface area contributed by atoms with Crippen molar-refractivity contribution in [2.24, 2.45) is 4.99 Å². The van der Waals surface area contributed by atoms with E-state index in [2.05, 4.69) is 24.3 Å². The zero-order valence-electron chi connectivity index (χ0n) is 24.9. The second-order valence-corrected chi connectivity index (χ2v) is 11.9. The molecule has 1 aliphatic rings. The van der Waals surface area contributed by atoms with E-state index in [0.29, 0.717) is 33.0 Å². The molecule has 0 aliphatic carbocycles. The first-order chi connectivity index (χ1) is 22.0. The molecule has 5 aromatic carbocycles. The molecule has 0 unspecified atom stereocenters. The van der Waals surface area contributed by atoms with Gasteiger partial charge in [0.25, 0.3) is 5.56 Å². The van der Waals surface area contributed by atoms with E-state index >= 15 is 0 Å². The zero-order chi connectivity index (χ0) is 30.9. The maximum Gasteiger partial charge on any atom is 0.338 e. The number of nitrogens with zero attached hydrogens (tertiary/aromatic N) is 2. The molecule has 222 valence electrons. The van der Waals surface area contributed by atoms with Gasteiger partial charge in [-0.05, 0) is 70.3 Å². The molecule has 1 aromatic heterocycles. The van der Waals surface area contributed by atoms with Crippen molar-refractivity contribution in [3.63, 3.8) is 0 Å². The molecule has 1 aliphatic heterocycles. The number of aromatic nitrogens is 1. The molecule has 0 bridgehead atoms. The number of allylic oxidation sites excluding steroid dienone is 1. The summed E-state index contributed by atoms with van der Waals surface area (Å²) in [5.74, 6) is 0.237. The van der Waals surface area contributed by atoms with Crippen molar-refractivity contribution < 1.29 is 14.3 Å². The third-order valence-electron chi connectivity index (χ3n) is 8.07. The van der Waals surface area contributed by atoms with E-state index in [1.807, 2.05) is 91.0 Å². The smallest absolute Gasteiger partial charge is 0.338 e. The van der Waals surface area contributed by atoms with E-state index in [-0.39, 0.29) is 12.2 Å². The number of hydrogen-bond donors (Lipinski definition) is 0. The molecule has 0 fully saturated rings. The minimum absolute atomic E-state index is 0.215. The van der Waals surface area contributed by atoms with Gasteiger partial charge in [0.1, 0.15) is 12.4 Å². The number of benzene rings is 5. The Hall–Kier alpha value is -5.27. The number of hydrogen-bond acceptors (Lipinski definition) is 6. The zero-order valence-corrected chi connectivity index (χ0v) is 25.7. The molecule has 1 atom stereocenters. The summed E-state index contributed by atoms with van der Waals surface area (Å²) in [7, 11) is 0. The molecule has 6 aromatic rings. The van der Waals surface area contributed by atoms with Crippen LogP contribution >= 0.6 is 11.3 Å². The predicted molar refractivity (Wildman–Crippen MR) is 179 cm³/mol. The predicted octanol–water partition coefficient (Wildman–Crippen LogP) is 6.68. The van der Waals surface area contributed by atoms with Crippen LogP contribution in [-0.4, -0.2) is 17.1 Å². The van der Waals surface area contributed by atoms with Gasteiger partial charge in [0.2, 0.25) is 0 Å². The molecule has 0 N–H and O–H groups in total. The van der Waals surface area contributed by atoms with Crippen LogP contribution in [0.25, 0.3) is 27.6 Å². The van der Waals surface area contributed by atoms with Crippen LogP contribution in [0.2, 0.25) is 0 Å². The fourth-order valence-corrected chi connectivity index (χ4v) is 7.05. The number of thiazole rings is 1. The third kappa shape index (κ3) is 5.36. The summed E-state index contributed by atoms with van der Waals surface area (Å²) < 4.78 is 13.8. The van der Waals surface area contributed by atoms with Crippen molar-refractivity contribution in [1.29, 1.82) is 0 Å². The van der Waals surface area contributed by atoms with E-state index in [1.165, 1.54) is 16.7 Å². The lowest BCUT2D eigenvalue weighted by Gasteiger charge is -2.25. The number of carbonyl (C=O) groups is 1. The lowest BCUT2D eigenvalue weighted by molar-refractivity contribution is -0.139. The summed E-state index contributed by atoms with van der Waals surface area (Å²) in [4.78, 5) is 32.8. The van der Waals surface area contributed by atoms with E-state index in [0.717, 1.165) is 32.8 Å². The van der Waals surface area contributed by atoms with Gasteiger partial charge in [-0.3, -0.25) is 9.36 Å². The molecule has 7 heteroatoms. The first-order valence-corrected chi connectivity index (χ1v) is 15.7. The second-order valence-electron chi connectivity index (χ2n) is 10.9. The molecule has 0 saturated carbocycles. The molecule has 45 heavy (non-hydrogen) atoms. The number of ether oxygens (including phenoxy) is 2. The van der Waals surface area contributed by atoms with Crippen molar-refractivity contribution in [1.82, 2.24) is 4.57 Å².